The standard InChI is InChI=1S/C14H21BrN2O2S/c1-17(9-12-4-2-5-13(15)8-12)14(10-16)6-3-7-20(18,19)11-14/h2,4-5,8H,3,6-7,9-11,16H2,1H3. The predicted octanol–water partition coefficient (Wildman–Crippen LogP) is 1.79. The van der Waals surface area contributed by atoms with Gasteiger partial charge in [0, 0.05) is 23.1 Å². The third-order valence-electron chi connectivity index (χ3n) is 4.08. The number of nitrogens with zero attached hydrogens (tertiary/aromatic N) is 1. The molecular weight excluding hydrogens is 340 g/mol. The van der Waals surface area contributed by atoms with Gasteiger partial charge in [-0.15, -0.1) is 0 Å². The Balaban J connectivity index is 2.18. The Hall–Kier alpha value is -0.430. The molecule has 6 heteroatoms. The van der Waals surface area contributed by atoms with Crippen LogP contribution in [0, 0.1) is 0 Å². The number of benzene rings is 1. The monoisotopic (exact) mass is 360 g/mol. The van der Waals surface area contributed by atoms with E-state index in [1.807, 2.05) is 25.2 Å². The van der Waals surface area contributed by atoms with Crippen molar-refractivity contribution in [3.8, 4) is 0 Å². The molecule has 0 amide bonds. The molecular formula is C14H21BrN2O2S. The van der Waals surface area contributed by atoms with E-state index in [1.54, 1.807) is 0 Å². The highest BCUT2D eigenvalue weighted by Crippen LogP contribution is 2.29. The molecule has 1 aromatic carbocycles. The van der Waals surface area contributed by atoms with Gasteiger partial charge in [0.05, 0.1) is 11.5 Å². The molecule has 0 aliphatic carbocycles. The van der Waals surface area contributed by atoms with Crippen molar-refractivity contribution in [3.63, 3.8) is 0 Å². The first-order valence-electron chi connectivity index (χ1n) is 6.73. The van der Waals surface area contributed by atoms with Gasteiger partial charge < -0.3 is 5.73 Å². The molecule has 0 spiro atoms. The van der Waals surface area contributed by atoms with Crippen molar-refractivity contribution in [1.29, 1.82) is 0 Å². The minimum atomic E-state index is -2.98. The summed E-state index contributed by atoms with van der Waals surface area (Å²) in [5.41, 5.74) is 6.65. The zero-order chi connectivity index (χ0) is 14.8. The lowest BCUT2D eigenvalue weighted by Crippen LogP contribution is -2.58. The van der Waals surface area contributed by atoms with Gasteiger partial charge in [-0.1, -0.05) is 28.1 Å². The van der Waals surface area contributed by atoms with Crippen LogP contribution in [0.1, 0.15) is 18.4 Å². The van der Waals surface area contributed by atoms with E-state index >= 15 is 0 Å². The van der Waals surface area contributed by atoms with Crippen molar-refractivity contribution in [3.05, 3.63) is 34.3 Å². The quantitative estimate of drug-likeness (QED) is 0.888. The number of nitrogens with two attached hydrogens (primary N) is 1. The minimum Gasteiger partial charge on any atom is -0.329 e. The van der Waals surface area contributed by atoms with Crippen LogP contribution in [-0.4, -0.2) is 44.0 Å². The Morgan fingerprint density at radius 2 is 2.20 bits per heavy atom. The summed E-state index contributed by atoms with van der Waals surface area (Å²) in [7, 11) is -1.01. The van der Waals surface area contributed by atoms with Gasteiger partial charge in [0.25, 0.3) is 0 Å². The first-order chi connectivity index (χ1) is 9.37. The number of halogens is 1. The van der Waals surface area contributed by atoms with Crippen LogP contribution >= 0.6 is 15.9 Å². The van der Waals surface area contributed by atoms with Crippen LogP contribution < -0.4 is 5.73 Å². The molecule has 2 N–H and O–H groups in total. The molecule has 4 nitrogen and oxygen atoms in total. The van der Waals surface area contributed by atoms with E-state index in [4.69, 9.17) is 5.73 Å². The molecule has 1 unspecified atom stereocenters. The fourth-order valence-corrected chi connectivity index (χ4v) is 5.35. The van der Waals surface area contributed by atoms with Crippen LogP contribution in [0.3, 0.4) is 0 Å². The lowest BCUT2D eigenvalue weighted by atomic mass is 9.93. The number of sulfone groups is 1. The van der Waals surface area contributed by atoms with Crippen molar-refractivity contribution in [2.75, 3.05) is 25.1 Å². The molecule has 0 aromatic heterocycles. The maximum Gasteiger partial charge on any atom is 0.152 e. The largest absolute Gasteiger partial charge is 0.329 e. The van der Waals surface area contributed by atoms with E-state index in [1.165, 1.54) is 0 Å². The van der Waals surface area contributed by atoms with E-state index in [0.717, 1.165) is 16.5 Å². The minimum absolute atomic E-state index is 0.168. The van der Waals surface area contributed by atoms with Crippen LogP contribution in [0.4, 0.5) is 0 Å². The van der Waals surface area contributed by atoms with Gasteiger partial charge in [-0.2, -0.15) is 0 Å². The maximum atomic E-state index is 11.9. The second kappa shape index (κ2) is 6.13. The molecule has 0 radical (unpaired) electrons. The van der Waals surface area contributed by atoms with Gasteiger partial charge in [0.15, 0.2) is 9.84 Å². The van der Waals surface area contributed by atoms with Crippen molar-refractivity contribution in [2.24, 2.45) is 5.73 Å². The van der Waals surface area contributed by atoms with Crippen LogP contribution in [0.5, 0.6) is 0 Å². The Morgan fingerprint density at radius 1 is 1.45 bits per heavy atom. The van der Waals surface area contributed by atoms with Gasteiger partial charge in [0.2, 0.25) is 0 Å². The predicted molar refractivity (Wildman–Crippen MR) is 85.3 cm³/mol. The average Bonchev–Trinajstić information content (AvgIpc) is 2.37. The molecule has 1 atom stereocenters. The van der Waals surface area contributed by atoms with Crippen LogP contribution in [0.15, 0.2) is 28.7 Å². The third-order valence-corrected chi connectivity index (χ3v) is 6.47. The smallest absolute Gasteiger partial charge is 0.152 e. The Morgan fingerprint density at radius 3 is 2.80 bits per heavy atom. The Kier molecular flexibility index (Phi) is 4.89. The zero-order valence-electron chi connectivity index (χ0n) is 11.7. The van der Waals surface area contributed by atoms with Crippen LogP contribution in [0.2, 0.25) is 0 Å². The van der Waals surface area contributed by atoms with E-state index in [9.17, 15) is 8.42 Å². The molecule has 1 saturated heterocycles. The van der Waals surface area contributed by atoms with E-state index in [-0.39, 0.29) is 5.75 Å². The second-order valence-corrected chi connectivity index (χ2v) is 8.71. The summed E-state index contributed by atoms with van der Waals surface area (Å²) >= 11 is 3.46. The summed E-state index contributed by atoms with van der Waals surface area (Å²) in [4.78, 5) is 2.10. The average molecular weight is 361 g/mol. The molecule has 2 rings (SSSR count). The molecule has 0 bridgehead atoms. The highest BCUT2D eigenvalue weighted by atomic mass is 79.9. The second-order valence-electron chi connectivity index (χ2n) is 5.61. The van der Waals surface area contributed by atoms with E-state index < -0.39 is 15.4 Å². The maximum absolute atomic E-state index is 11.9. The van der Waals surface area contributed by atoms with Crippen molar-refractivity contribution in [2.45, 2.75) is 24.9 Å². The first-order valence-corrected chi connectivity index (χ1v) is 9.34. The zero-order valence-corrected chi connectivity index (χ0v) is 14.1. The summed E-state index contributed by atoms with van der Waals surface area (Å²) < 4.78 is 24.9. The normalized spacial score (nSPS) is 25.8. The highest BCUT2D eigenvalue weighted by Gasteiger charge is 2.41. The van der Waals surface area contributed by atoms with Crippen molar-refractivity contribution >= 4 is 25.8 Å². The third kappa shape index (κ3) is 3.61. The summed E-state index contributed by atoms with van der Waals surface area (Å²) in [6.07, 6.45) is 1.54. The SMILES string of the molecule is CN(Cc1cccc(Br)c1)C1(CN)CCCS(=O)(=O)C1. The van der Waals surface area contributed by atoms with E-state index in [2.05, 4.69) is 26.9 Å². The van der Waals surface area contributed by atoms with Crippen molar-refractivity contribution < 1.29 is 8.42 Å². The molecule has 1 heterocycles. The summed E-state index contributed by atoms with van der Waals surface area (Å²) in [5.74, 6) is 0.459. The van der Waals surface area contributed by atoms with Crippen molar-refractivity contribution in [1.82, 2.24) is 4.90 Å². The van der Waals surface area contributed by atoms with Crippen LogP contribution in [0.25, 0.3) is 0 Å². The van der Waals surface area contributed by atoms with Gasteiger partial charge in [-0.05, 0) is 37.6 Å². The molecule has 1 aromatic rings. The van der Waals surface area contributed by atoms with Gasteiger partial charge >= 0.3 is 0 Å². The fourth-order valence-electron chi connectivity index (χ4n) is 2.87. The lowest BCUT2D eigenvalue weighted by molar-refractivity contribution is 0.124. The fraction of sp³-hybridized carbons (Fsp3) is 0.571. The lowest BCUT2D eigenvalue weighted by Gasteiger charge is -2.43. The highest BCUT2D eigenvalue weighted by molar-refractivity contribution is 9.10. The van der Waals surface area contributed by atoms with Gasteiger partial charge in [0.1, 0.15) is 0 Å². The molecule has 1 aliphatic heterocycles. The summed E-state index contributed by atoms with van der Waals surface area (Å²) in [5, 5.41) is 0. The topological polar surface area (TPSA) is 63.4 Å². The summed E-state index contributed by atoms with van der Waals surface area (Å²) in [6.45, 7) is 1.07. The van der Waals surface area contributed by atoms with E-state index in [0.29, 0.717) is 25.3 Å². The number of rotatable bonds is 4. The summed E-state index contributed by atoms with van der Waals surface area (Å²) in [6, 6.07) is 8.06. The molecule has 112 valence electrons. The molecule has 20 heavy (non-hydrogen) atoms. The van der Waals surface area contributed by atoms with Crippen LogP contribution in [-0.2, 0) is 16.4 Å². The number of hydrogen-bond acceptors (Lipinski definition) is 4. The Bertz CT molecular complexity index is 576. The number of likely N-dealkylation sites (N-methyl/N-ethyl adjacent to an activating group) is 1. The molecule has 1 fully saturated rings. The van der Waals surface area contributed by atoms with Gasteiger partial charge in [-0.3, -0.25) is 4.90 Å². The number of hydrogen-bond donors (Lipinski definition) is 1. The van der Waals surface area contributed by atoms with Gasteiger partial charge in [-0.25, -0.2) is 8.42 Å². The Labute approximate surface area is 129 Å². The molecule has 0 saturated carbocycles. The first kappa shape index (κ1) is 15.9. The molecule has 1 aliphatic rings.